The molecule has 31 heavy (non-hydrogen) atoms. The van der Waals surface area contributed by atoms with Crippen molar-refractivity contribution in [3.8, 4) is 0 Å². The molecule has 3 fully saturated rings. The zero-order chi connectivity index (χ0) is 21.5. The maximum Gasteiger partial charge on any atom is 0.191 e. The van der Waals surface area contributed by atoms with E-state index < -0.39 is 0 Å². The molecule has 0 spiro atoms. The summed E-state index contributed by atoms with van der Waals surface area (Å²) < 4.78 is 14.0. The standard InChI is InChI=1S/C24H39FN6/c1-2-26-24(28-20-10-14-30(15-11-20)21-8-9-21)27-12-5-13-29-16-18-31(19-17-29)23-7-4-3-6-22(23)25/h3-4,6-7,20-21H,2,5,8-19H2,1H3,(H2,26,27,28). The van der Waals surface area contributed by atoms with Gasteiger partial charge in [0.05, 0.1) is 5.69 Å². The largest absolute Gasteiger partial charge is 0.367 e. The minimum Gasteiger partial charge on any atom is -0.367 e. The third kappa shape index (κ3) is 6.56. The van der Waals surface area contributed by atoms with Crippen LogP contribution >= 0.6 is 0 Å². The second kappa shape index (κ2) is 11.1. The number of rotatable bonds is 8. The quantitative estimate of drug-likeness (QED) is 0.377. The topological polar surface area (TPSA) is 46.1 Å². The summed E-state index contributed by atoms with van der Waals surface area (Å²) in [6.45, 7) is 11.1. The van der Waals surface area contributed by atoms with Gasteiger partial charge in [0.1, 0.15) is 5.82 Å². The first-order valence-electron chi connectivity index (χ1n) is 12.2. The maximum atomic E-state index is 14.0. The number of hydrogen-bond donors (Lipinski definition) is 2. The van der Waals surface area contributed by atoms with E-state index in [4.69, 9.17) is 4.99 Å². The van der Waals surface area contributed by atoms with Crippen LogP contribution in [0.15, 0.2) is 29.3 Å². The highest BCUT2D eigenvalue weighted by molar-refractivity contribution is 5.80. The van der Waals surface area contributed by atoms with Gasteiger partial charge in [-0.05, 0) is 51.2 Å². The lowest BCUT2D eigenvalue weighted by Gasteiger charge is -2.36. The highest BCUT2D eigenvalue weighted by atomic mass is 19.1. The monoisotopic (exact) mass is 430 g/mol. The van der Waals surface area contributed by atoms with Crippen molar-refractivity contribution in [2.75, 3.05) is 63.8 Å². The minimum absolute atomic E-state index is 0.119. The molecular formula is C24H39FN6. The van der Waals surface area contributed by atoms with Crippen LogP contribution in [0.5, 0.6) is 0 Å². The van der Waals surface area contributed by atoms with E-state index in [1.807, 2.05) is 12.1 Å². The van der Waals surface area contributed by atoms with Gasteiger partial charge in [-0.1, -0.05) is 12.1 Å². The fraction of sp³-hybridized carbons (Fsp3) is 0.708. The molecule has 3 aliphatic rings. The van der Waals surface area contributed by atoms with E-state index in [0.717, 1.165) is 69.9 Å². The molecule has 1 saturated carbocycles. The van der Waals surface area contributed by atoms with Crippen molar-refractivity contribution in [2.24, 2.45) is 4.99 Å². The van der Waals surface area contributed by atoms with Crippen LogP contribution in [0, 0.1) is 5.82 Å². The summed E-state index contributed by atoms with van der Waals surface area (Å²) in [5, 5.41) is 7.07. The number of nitrogens with one attached hydrogen (secondary N) is 2. The van der Waals surface area contributed by atoms with Crippen LogP contribution in [0.2, 0.25) is 0 Å². The van der Waals surface area contributed by atoms with E-state index in [2.05, 4.69) is 32.3 Å². The van der Waals surface area contributed by atoms with Gasteiger partial charge in [0.15, 0.2) is 5.96 Å². The van der Waals surface area contributed by atoms with Crippen LogP contribution in [0.25, 0.3) is 0 Å². The Bertz CT molecular complexity index is 706. The van der Waals surface area contributed by atoms with Crippen LogP contribution in [-0.2, 0) is 0 Å². The third-order valence-corrected chi connectivity index (χ3v) is 6.75. The SMILES string of the molecule is CCNC(=NCCCN1CCN(c2ccccc2F)CC1)NC1CCN(C2CC2)CC1. The van der Waals surface area contributed by atoms with Crippen molar-refractivity contribution in [1.29, 1.82) is 0 Å². The number of halogens is 1. The molecule has 0 radical (unpaired) electrons. The average molecular weight is 431 g/mol. The van der Waals surface area contributed by atoms with Gasteiger partial charge >= 0.3 is 0 Å². The molecule has 1 aromatic rings. The molecule has 172 valence electrons. The fourth-order valence-corrected chi connectivity index (χ4v) is 4.77. The van der Waals surface area contributed by atoms with E-state index in [1.54, 1.807) is 12.1 Å². The van der Waals surface area contributed by atoms with Crippen LogP contribution in [0.1, 0.15) is 39.0 Å². The number of likely N-dealkylation sites (tertiary alicyclic amines) is 1. The molecule has 2 N–H and O–H groups in total. The van der Waals surface area contributed by atoms with Gasteiger partial charge in [0, 0.05) is 71.0 Å². The number of piperazine rings is 1. The van der Waals surface area contributed by atoms with Crippen LogP contribution < -0.4 is 15.5 Å². The van der Waals surface area contributed by atoms with Crippen molar-refractivity contribution in [3.63, 3.8) is 0 Å². The van der Waals surface area contributed by atoms with E-state index in [9.17, 15) is 4.39 Å². The highest BCUT2D eigenvalue weighted by Gasteiger charge is 2.31. The normalized spacial score (nSPS) is 22.0. The van der Waals surface area contributed by atoms with Gasteiger partial charge in [-0.3, -0.25) is 9.89 Å². The smallest absolute Gasteiger partial charge is 0.191 e. The highest BCUT2D eigenvalue weighted by Crippen LogP contribution is 2.29. The molecule has 0 bridgehead atoms. The number of para-hydroxylation sites is 1. The van der Waals surface area contributed by atoms with Gasteiger partial charge in [0.25, 0.3) is 0 Å². The third-order valence-electron chi connectivity index (χ3n) is 6.75. The first-order chi connectivity index (χ1) is 15.2. The lowest BCUT2D eigenvalue weighted by molar-refractivity contribution is 0.197. The summed E-state index contributed by atoms with van der Waals surface area (Å²) in [5.41, 5.74) is 0.732. The van der Waals surface area contributed by atoms with Crippen molar-refractivity contribution < 1.29 is 4.39 Å². The molecule has 2 heterocycles. The van der Waals surface area contributed by atoms with E-state index >= 15 is 0 Å². The number of guanidine groups is 1. The molecule has 6 nitrogen and oxygen atoms in total. The van der Waals surface area contributed by atoms with Crippen LogP contribution in [0.3, 0.4) is 0 Å². The van der Waals surface area contributed by atoms with E-state index in [0.29, 0.717) is 6.04 Å². The zero-order valence-corrected chi connectivity index (χ0v) is 19.0. The molecule has 4 rings (SSSR count). The van der Waals surface area contributed by atoms with E-state index in [1.165, 1.54) is 38.8 Å². The van der Waals surface area contributed by atoms with Gasteiger partial charge in [-0.2, -0.15) is 0 Å². The molecule has 0 atom stereocenters. The molecule has 1 aromatic carbocycles. The van der Waals surface area contributed by atoms with Crippen LogP contribution in [0.4, 0.5) is 10.1 Å². The fourth-order valence-electron chi connectivity index (χ4n) is 4.77. The summed E-state index contributed by atoms with van der Waals surface area (Å²) in [6.07, 6.45) is 6.29. The molecular weight excluding hydrogens is 391 g/mol. The number of hydrogen-bond acceptors (Lipinski definition) is 4. The Hall–Kier alpha value is -1.86. The predicted octanol–water partition coefficient (Wildman–Crippen LogP) is 2.52. The minimum atomic E-state index is -0.119. The summed E-state index contributed by atoms with van der Waals surface area (Å²) in [6, 6.07) is 8.52. The Kier molecular flexibility index (Phi) is 8.03. The number of aliphatic imine (C=N–C) groups is 1. The number of anilines is 1. The Morgan fingerprint density at radius 1 is 1.03 bits per heavy atom. The molecule has 0 amide bonds. The van der Waals surface area contributed by atoms with Crippen molar-refractivity contribution in [1.82, 2.24) is 20.4 Å². The van der Waals surface area contributed by atoms with Crippen molar-refractivity contribution in [2.45, 2.75) is 51.1 Å². The Morgan fingerprint density at radius 3 is 2.45 bits per heavy atom. The lowest BCUT2D eigenvalue weighted by Crippen LogP contribution is -2.49. The molecule has 1 aliphatic carbocycles. The molecule has 0 aromatic heterocycles. The second-order valence-electron chi connectivity index (χ2n) is 9.08. The number of piperidine rings is 1. The maximum absolute atomic E-state index is 14.0. The van der Waals surface area contributed by atoms with Crippen molar-refractivity contribution in [3.05, 3.63) is 30.1 Å². The first-order valence-corrected chi connectivity index (χ1v) is 12.2. The number of nitrogens with zero attached hydrogens (tertiary/aromatic N) is 4. The molecule has 2 aliphatic heterocycles. The average Bonchev–Trinajstić information content (AvgIpc) is 3.64. The summed E-state index contributed by atoms with van der Waals surface area (Å²) in [5.74, 6) is 0.851. The lowest BCUT2D eigenvalue weighted by atomic mass is 10.1. The number of benzene rings is 1. The van der Waals surface area contributed by atoms with Gasteiger partial charge in [-0.25, -0.2) is 4.39 Å². The zero-order valence-electron chi connectivity index (χ0n) is 19.0. The Labute approximate surface area is 186 Å². The molecule has 2 saturated heterocycles. The summed E-state index contributed by atoms with van der Waals surface area (Å²) in [4.78, 5) is 12.1. The predicted molar refractivity (Wildman–Crippen MR) is 126 cm³/mol. The van der Waals surface area contributed by atoms with Crippen LogP contribution in [-0.4, -0.2) is 86.7 Å². The molecule has 0 unspecified atom stereocenters. The van der Waals surface area contributed by atoms with E-state index in [-0.39, 0.29) is 5.82 Å². The van der Waals surface area contributed by atoms with Gasteiger partial charge in [0.2, 0.25) is 0 Å². The Balaban J connectivity index is 1.15. The summed E-state index contributed by atoms with van der Waals surface area (Å²) >= 11 is 0. The first kappa shape index (κ1) is 22.3. The second-order valence-corrected chi connectivity index (χ2v) is 9.08. The Morgan fingerprint density at radius 2 is 1.77 bits per heavy atom. The van der Waals surface area contributed by atoms with Crippen molar-refractivity contribution >= 4 is 11.6 Å². The van der Waals surface area contributed by atoms with Gasteiger partial charge in [-0.15, -0.1) is 0 Å². The van der Waals surface area contributed by atoms with Gasteiger partial charge < -0.3 is 20.4 Å². The molecule has 7 heteroatoms. The summed E-state index contributed by atoms with van der Waals surface area (Å²) in [7, 11) is 0.